The number of hydrogen-bond donors (Lipinski definition) is 3. The summed E-state index contributed by atoms with van der Waals surface area (Å²) in [6, 6.07) is 0. The van der Waals surface area contributed by atoms with Crippen molar-refractivity contribution in [1.82, 2.24) is 9.55 Å². The van der Waals surface area contributed by atoms with Gasteiger partial charge in [0.25, 0.3) is 0 Å². The van der Waals surface area contributed by atoms with E-state index >= 15 is 0 Å². The van der Waals surface area contributed by atoms with Gasteiger partial charge in [0.1, 0.15) is 5.82 Å². The molecule has 0 aliphatic rings. The number of ether oxygens (including phenoxy) is 1. The third-order valence-corrected chi connectivity index (χ3v) is 2.81. The van der Waals surface area contributed by atoms with E-state index in [1.54, 1.807) is 17.8 Å². The van der Waals surface area contributed by atoms with Crippen molar-refractivity contribution in [3.05, 3.63) is 18.2 Å². The first-order valence-electron chi connectivity index (χ1n) is 6.00. The Balaban J connectivity index is 2.73. The zero-order chi connectivity index (χ0) is 16.2. The first-order valence-corrected chi connectivity index (χ1v) is 6.00. The fraction of sp³-hybridized carbons (Fsp3) is 0.500. The quantitative estimate of drug-likeness (QED) is 0.583. The minimum Gasteiger partial charge on any atom is -0.481 e. The molecular formula is C12H16N2O7. The van der Waals surface area contributed by atoms with Crippen LogP contribution in [-0.4, -0.2) is 48.4 Å². The number of rotatable bonds is 7. The van der Waals surface area contributed by atoms with E-state index in [0.29, 0.717) is 5.82 Å². The molecular weight excluding hydrogens is 284 g/mol. The van der Waals surface area contributed by atoms with Crippen LogP contribution in [0.15, 0.2) is 12.4 Å². The Kier molecular flexibility index (Phi) is 5.03. The van der Waals surface area contributed by atoms with Crippen molar-refractivity contribution in [2.45, 2.75) is 31.5 Å². The number of aliphatic carboxylic acids is 2. The molecule has 21 heavy (non-hydrogen) atoms. The van der Waals surface area contributed by atoms with Crippen molar-refractivity contribution in [2.75, 3.05) is 0 Å². The summed E-state index contributed by atoms with van der Waals surface area (Å²) in [6.07, 6.45) is 0.299. The van der Waals surface area contributed by atoms with Crippen molar-refractivity contribution in [3.8, 4) is 0 Å². The Morgan fingerprint density at radius 2 is 2.00 bits per heavy atom. The van der Waals surface area contributed by atoms with Gasteiger partial charge in [-0.3, -0.25) is 9.59 Å². The summed E-state index contributed by atoms with van der Waals surface area (Å²) in [4.78, 5) is 37.1. The second kappa shape index (κ2) is 6.35. The molecule has 0 amide bonds. The van der Waals surface area contributed by atoms with E-state index in [4.69, 9.17) is 14.9 Å². The van der Waals surface area contributed by atoms with Crippen molar-refractivity contribution < 1.29 is 34.4 Å². The zero-order valence-corrected chi connectivity index (χ0v) is 11.5. The lowest BCUT2D eigenvalue weighted by atomic mass is 9.96. The molecule has 2 unspecified atom stereocenters. The standard InChI is InChI=1S/C12H16N2O7/c1-7(10-13-3-4-14(10)2)21-9(17)6-12(20,11(18)19)5-8(15)16/h3-4,7,20H,5-6H2,1-2H3,(H,15,16)(H,18,19). The Hall–Kier alpha value is -2.42. The lowest BCUT2D eigenvalue weighted by Crippen LogP contribution is -2.43. The number of aryl methyl sites for hydroxylation is 1. The largest absolute Gasteiger partial charge is 0.481 e. The fourth-order valence-electron chi connectivity index (χ4n) is 1.76. The molecule has 1 rings (SSSR count). The molecule has 0 aliphatic heterocycles. The number of carboxylic acid groups (broad SMARTS) is 2. The number of carbonyl (C=O) groups is 3. The molecule has 0 saturated carbocycles. The molecule has 1 heterocycles. The second-order valence-electron chi connectivity index (χ2n) is 4.61. The minimum absolute atomic E-state index is 0.431. The van der Waals surface area contributed by atoms with Gasteiger partial charge in [0, 0.05) is 19.4 Å². The maximum atomic E-state index is 11.7. The van der Waals surface area contributed by atoms with E-state index in [2.05, 4.69) is 4.98 Å². The van der Waals surface area contributed by atoms with Crippen LogP contribution >= 0.6 is 0 Å². The number of nitrogens with zero attached hydrogens (tertiary/aromatic N) is 2. The first kappa shape index (κ1) is 16.6. The Labute approximate surface area is 119 Å². The van der Waals surface area contributed by atoms with Gasteiger partial charge in [-0.05, 0) is 6.92 Å². The van der Waals surface area contributed by atoms with Crippen molar-refractivity contribution >= 4 is 17.9 Å². The Morgan fingerprint density at radius 1 is 1.38 bits per heavy atom. The van der Waals surface area contributed by atoms with Crippen LogP contribution in [0.1, 0.15) is 31.7 Å². The van der Waals surface area contributed by atoms with Gasteiger partial charge in [0.05, 0.1) is 12.8 Å². The van der Waals surface area contributed by atoms with Crippen LogP contribution in [0.3, 0.4) is 0 Å². The normalized spacial score (nSPS) is 15.0. The van der Waals surface area contributed by atoms with Gasteiger partial charge in [0.15, 0.2) is 11.7 Å². The number of aromatic nitrogens is 2. The lowest BCUT2D eigenvalue weighted by molar-refractivity contribution is -0.173. The number of imidazole rings is 1. The summed E-state index contributed by atoms with van der Waals surface area (Å²) in [6.45, 7) is 1.53. The SMILES string of the molecule is CC(OC(=O)CC(O)(CC(=O)O)C(=O)O)c1nccn1C. The monoisotopic (exact) mass is 300 g/mol. The van der Waals surface area contributed by atoms with E-state index in [-0.39, 0.29) is 0 Å². The van der Waals surface area contributed by atoms with Crippen LogP contribution in [0, 0.1) is 0 Å². The van der Waals surface area contributed by atoms with Gasteiger partial charge in [-0.2, -0.15) is 0 Å². The highest BCUT2D eigenvalue weighted by molar-refractivity contribution is 5.88. The van der Waals surface area contributed by atoms with E-state index in [9.17, 15) is 19.5 Å². The summed E-state index contributed by atoms with van der Waals surface area (Å²) in [7, 11) is 1.69. The molecule has 0 fully saturated rings. The predicted octanol–water partition coefficient (Wildman–Crippen LogP) is -0.295. The van der Waals surface area contributed by atoms with Gasteiger partial charge >= 0.3 is 17.9 Å². The molecule has 116 valence electrons. The average molecular weight is 300 g/mol. The van der Waals surface area contributed by atoms with Gasteiger partial charge in [0.2, 0.25) is 0 Å². The van der Waals surface area contributed by atoms with Crippen LogP contribution in [0.4, 0.5) is 0 Å². The third-order valence-electron chi connectivity index (χ3n) is 2.81. The molecule has 0 aliphatic carbocycles. The number of esters is 1. The molecule has 0 saturated heterocycles. The molecule has 1 aromatic heterocycles. The average Bonchev–Trinajstić information content (AvgIpc) is 2.73. The fourth-order valence-corrected chi connectivity index (χ4v) is 1.76. The molecule has 9 nitrogen and oxygen atoms in total. The molecule has 3 N–H and O–H groups in total. The van der Waals surface area contributed by atoms with Gasteiger partial charge < -0.3 is 24.6 Å². The molecule has 0 aromatic carbocycles. The first-order chi connectivity index (χ1) is 9.65. The molecule has 0 bridgehead atoms. The maximum absolute atomic E-state index is 11.7. The van der Waals surface area contributed by atoms with Crippen LogP contribution in [0.2, 0.25) is 0 Å². The topological polar surface area (TPSA) is 139 Å². The molecule has 0 spiro atoms. The molecule has 0 radical (unpaired) electrons. The van der Waals surface area contributed by atoms with E-state index in [1.807, 2.05) is 0 Å². The van der Waals surface area contributed by atoms with Crippen molar-refractivity contribution in [3.63, 3.8) is 0 Å². The van der Waals surface area contributed by atoms with E-state index in [1.165, 1.54) is 13.1 Å². The Bertz CT molecular complexity index is 554. The van der Waals surface area contributed by atoms with Crippen LogP contribution in [0.5, 0.6) is 0 Å². The smallest absolute Gasteiger partial charge is 0.336 e. The number of carboxylic acids is 2. The van der Waals surface area contributed by atoms with Crippen LogP contribution in [-0.2, 0) is 26.2 Å². The van der Waals surface area contributed by atoms with Crippen LogP contribution in [0.25, 0.3) is 0 Å². The van der Waals surface area contributed by atoms with E-state index < -0.39 is 42.5 Å². The number of aliphatic hydroxyl groups is 1. The van der Waals surface area contributed by atoms with E-state index in [0.717, 1.165) is 0 Å². The van der Waals surface area contributed by atoms with Crippen LogP contribution < -0.4 is 0 Å². The highest BCUT2D eigenvalue weighted by Crippen LogP contribution is 2.20. The zero-order valence-electron chi connectivity index (χ0n) is 11.5. The lowest BCUT2D eigenvalue weighted by Gasteiger charge is -2.21. The summed E-state index contributed by atoms with van der Waals surface area (Å²) < 4.78 is 6.57. The summed E-state index contributed by atoms with van der Waals surface area (Å²) >= 11 is 0. The summed E-state index contributed by atoms with van der Waals surface area (Å²) in [5.41, 5.74) is -2.70. The second-order valence-corrected chi connectivity index (χ2v) is 4.61. The Morgan fingerprint density at radius 3 is 2.43 bits per heavy atom. The van der Waals surface area contributed by atoms with Gasteiger partial charge in [-0.15, -0.1) is 0 Å². The molecule has 9 heteroatoms. The third kappa shape index (κ3) is 4.28. The maximum Gasteiger partial charge on any atom is 0.336 e. The number of hydrogen-bond acceptors (Lipinski definition) is 6. The predicted molar refractivity (Wildman–Crippen MR) is 67.2 cm³/mol. The van der Waals surface area contributed by atoms with Gasteiger partial charge in [-0.25, -0.2) is 9.78 Å². The van der Waals surface area contributed by atoms with Crippen molar-refractivity contribution in [1.29, 1.82) is 0 Å². The summed E-state index contributed by atoms with van der Waals surface area (Å²) in [5, 5.41) is 27.2. The highest BCUT2D eigenvalue weighted by atomic mass is 16.5. The summed E-state index contributed by atoms with van der Waals surface area (Å²) in [5.74, 6) is -3.94. The van der Waals surface area contributed by atoms with Gasteiger partial charge in [-0.1, -0.05) is 0 Å². The molecule has 1 aromatic rings. The molecule has 2 atom stereocenters. The highest BCUT2D eigenvalue weighted by Gasteiger charge is 2.41. The minimum atomic E-state index is -2.70. The number of carbonyl (C=O) groups excluding carboxylic acids is 1. The van der Waals surface area contributed by atoms with Crippen molar-refractivity contribution in [2.24, 2.45) is 7.05 Å².